The molecule has 0 bridgehead atoms. The fraction of sp³-hybridized carbons (Fsp3) is 0.421. The lowest BCUT2D eigenvalue weighted by Crippen LogP contribution is -2.53. The van der Waals surface area contributed by atoms with Crippen LogP contribution in [-0.4, -0.2) is 73.5 Å². The smallest absolute Gasteiger partial charge is 0.255 e. The van der Waals surface area contributed by atoms with E-state index in [9.17, 15) is 9.59 Å². The summed E-state index contributed by atoms with van der Waals surface area (Å²) in [6, 6.07) is 17.8. The standard InChI is InChI=1S/C38H37ClN6O3/c1-48-32-15-25(37(46)44-20-26-11-24-14-30(44)33(24)26)12-29-34(32)45(19-22-16-42(17-22)38(47)27-6-2-3-7-28(27)39)36(41-29)31-13-23-5-4-10-40-35(23)43(31)18-21-8-9-21/h2-7,10,12-13,15,21-22,24,26,30,33H,8-9,11,14,16-20H2,1H3/t24?,26?,30?,33-/m1/s1. The van der Waals surface area contributed by atoms with Crippen molar-refractivity contribution in [2.75, 3.05) is 26.7 Å². The van der Waals surface area contributed by atoms with Crippen molar-refractivity contribution < 1.29 is 14.3 Å². The Bertz CT molecular complexity index is 2140. The molecule has 10 rings (SSSR count). The maximum absolute atomic E-state index is 14.0. The summed E-state index contributed by atoms with van der Waals surface area (Å²) in [5, 5.41) is 1.55. The summed E-state index contributed by atoms with van der Waals surface area (Å²) in [6.07, 6.45) is 6.71. The van der Waals surface area contributed by atoms with Crippen molar-refractivity contribution in [2.24, 2.45) is 29.6 Å². The maximum atomic E-state index is 14.0. The van der Waals surface area contributed by atoms with Gasteiger partial charge in [0.2, 0.25) is 0 Å². The van der Waals surface area contributed by atoms with Crippen LogP contribution in [0.2, 0.25) is 5.02 Å². The lowest BCUT2D eigenvalue weighted by molar-refractivity contribution is -0.0204. The van der Waals surface area contributed by atoms with E-state index in [1.54, 1.807) is 19.2 Å². The van der Waals surface area contributed by atoms with E-state index >= 15 is 0 Å². The van der Waals surface area contributed by atoms with Crippen molar-refractivity contribution >= 4 is 45.5 Å². The first-order chi connectivity index (χ1) is 23.4. The van der Waals surface area contributed by atoms with Crippen LogP contribution in [-0.2, 0) is 13.1 Å². The predicted octanol–water partition coefficient (Wildman–Crippen LogP) is 6.38. The molecule has 2 aliphatic heterocycles. The van der Waals surface area contributed by atoms with Gasteiger partial charge in [-0.05, 0) is 91.8 Å². The number of carbonyl (C=O) groups excluding carboxylic acids is 2. The highest BCUT2D eigenvalue weighted by atomic mass is 35.5. The van der Waals surface area contributed by atoms with Gasteiger partial charge in [-0.2, -0.15) is 0 Å². The molecule has 3 saturated carbocycles. The normalized spacial score (nSPS) is 24.4. The number of carbonyl (C=O) groups is 2. The first kappa shape index (κ1) is 28.6. The summed E-state index contributed by atoms with van der Waals surface area (Å²) >= 11 is 6.37. The van der Waals surface area contributed by atoms with Crippen LogP contribution >= 0.6 is 11.6 Å². The molecule has 9 nitrogen and oxygen atoms in total. The van der Waals surface area contributed by atoms with Crippen LogP contribution < -0.4 is 4.74 Å². The van der Waals surface area contributed by atoms with E-state index in [4.69, 9.17) is 26.3 Å². The molecule has 2 amide bonds. The number of imidazole rings is 1. The number of aromatic nitrogens is 4. The van der Waals surface area contributed by atoms with Crippen molar-refractivity contribution in [2.45, 2.75) is 44.8 Å². The monoisotopic (exact) mass is 660 g/mol. The minimum Gasteiger partial charge on any atom is -0.494 e. The molecule has 4 atom stereocenters. The summed E-state index contributed by atoms with van der Waals surface area (Å²) in [5.41, 5.74) is 4.78. The fourth-order valence-electron chi connectivity index (χ4n) is 9.18. The predicted molar refractivity (Wildman–Crippen MR) is 183 cm³/mol. The summed E-state index contributed by atoms with van der Waals surface area (Å²) in [4.78, 5) is 41.4. The number of rotatable bonds is 8. The molecule has 244 valence electrons. The zero-order chi connectivity index (χ0) is 32.3. The lowest BCUT2D eigenvalue weighted by atomic mass is 9.53. The molecular weight excluding hydrogens is 624 g/mol. The van der Waals surface area contributed by atoms with Crippen LogP contribution in [0.25, 0.3) is 33.6 Å². The number of fused-ring (bicyclic) bond motifs is 2. The number of nitrogens with zero attached hydrogens (tertiary/aromatic N) is 6. The van der Waals surface area contributed by atoms with Gasteiger partial charge in [-0.25, -0.2) is 9.97 Å². The molecule has 3 unspecified atom stereocenters. The van der Waals surface area contributed by atoms with Gasteiger partial charge in [0.1, 0.15) is 16.9 Å². The molecule has 5 heterocycles. The maximum Gasteiger partial charge on any atom is 0.255 e. The second-order valence-corrected chi connectivity index (χ2v) is 15.1. The summed E-state index contributed by atoms with van der Waals surface area (Å²) in [5.74, 6) is 4.58. The molecule has 0 radical (unpaired) electrons. The Morgan fingerprint density at radius 1 is 0.917 bits per heavy atom. The largest absolute Gasteiger partial charge is 0.494 e. The van der Waals surface area contributed by atoms with Crippen LogP contribution in [0.3, 0.4) is 0 Å². The number of hydrogen-bond donors (Lipinski definition) is 0. The molecule has 3 aromatic heterocycles. The molecule has 0 N–H and O–H groups in total. The Labute approximate surface area is 283 Å². The van der Waals surface area contributed by atoms with E-state index in [2.05, 4.69) is 26.2 Å². The lowest BCUT2D eigenvalue weighted by Gasteiger charge is -2.52. The van der Waals surface area contributed by atoms with E-state index in [1.165, 1.54) is 19.3 Å². The first-order valence-corrected chi connectivity index (χ1v) is 17.7. The Kier molecular flexibility index (Phi) is 6.30. The molecule has 0 spiro atoms. The number of methoxy groups -OCH3 is 1. The molecule has 2 saturated heterocycles. The third-order valence-corrected chi connectivity index (χ3v) is 12.2. The van der Waals surface area contributed by atoms with Gasteiger partial charge >= 0.3 is 0 Å². The number of pyridine rings is 1. The van der Waals surface area contributed by atoms with Crippen LogP contribution in [0.1, 0.15) is 46.4 Å². The highest BCUT2D eigenvalue weighted by molar-refractivity contribution is 6.33. The second kappa shape index (κ2) is 10.6. The number of amides is 2. The quantitative estimate of drug-likeness (QED) is 0.193. The Morgan fingerprint density at radius 2 is 1.75 bits per heavy atom. The van der Waals surface area contributed by atoms with Crippen LogP contribution in [0.5, 0.6) is 5.75 Å². The summed E-state index contributed by atoms with van der Waals surface area (Å²) < 4.78 is 10.6. The van der Waals surface area contributed by atoms with Crippen molar-refractivity contribution in [1.29, 1.82) is 0 Å². The number of hydrogen-bond acceptors (Lipinski definition) is 5. The van der Waals surface area contributed by atoms with E-state index in [-0.39, 0.29) is 17.7 Å². The van der Waals surface area contributed by atoms with Crippen LogP contribution in [0.4, 0.5) is 0 Å². The van der Waals surface area contributed by atoms with Crippen LogP contribution in [0.15, 0.2) is 60.8 Å². The van der Waals surface area contributed by atoms with E-state index in [1.807, 2.05) is 41.4 Å². The number of ether oxygens (including phenoxy) is 1. The topological polar surface area (TPSA) is 85.5 Å². The third-order valence-electron chi connectivity index (χ3n) is 11.9. The molecule has 3 aliphatic carbocycles. The minimum atomic E-state index is -0.0444. The van der Waals surface area contributed by atoms with Gasteiger partial charge in [-0.3, -0.25) is 9.59 Å². The molecule has 5 fully saturated rings. The highest BCUT2D eigenvalue weighted by Gasteiger charge is 2.61. The average Bonchev–Trinajstić information content (AvgIpc) is 3.72. The SMILES string of the molecule is COc1cc(C(=O)N2CC3CC4CC2[C@H]43)cc2nc(-c3cc4cccnc4n3CC3CC3)n(CC3CN(C(=O)c4ccccc4Cl)C3)c12. The molecule has 2 aromatic carbocycles. The van der Waals surface area contributed by atoms with Crippen molar-refractivity contribution in [3.63, 3.8) is 0 Å². The first-order valence-electron chi connectivity index (χ1n) is 17.3. The van der Waals surface area contributed by atoms with Crippen molar-refractivity contribution in [3.8, 4) is 17.3 Å². The van der Waals surface area contributed by atoms with E-state index in [0.717, 1.165) is 59.0 Å². The molecule has 5 aromatic rings. The molecular formula is C38H37ClN6O3. The minimum absolute atomic E-state index is 0.0444. The van der Waals surface area contributed by atoms with E-state index in [0.29, 0.717) is 65.3 Å². The van der Waals surface area contributed by atoms with Gasteiger partial charge < -0.3 is 23.7 Å². The molecule has 10 heteroatoms. The fourth-order valence-corrected chi connectivity index (χ4v) is 9.39. The van der Waals surface area contributed by atoms with Crippen LogP contribution in [0, 0.1) is 29.6 Å². The second-order valence-electron chi connectivity index (χ2n) is 14.7. The van der Waals surface area contributed by atoms with Crippen molar-refractivity contribution in [1.82, 2.24) is 28.9 Å². The average molecular weight is 661 g/mol. The number of likely N-dealkylation sites (tertiary alicyclic amines) is 2. The van der Waals surface area contributed by atoms with Gasteiger partial charge in [0.15, 0.2) is 5.82 Å². The Morgan fingerprint density at radius 3 is 2.52 bits per heavy atom. The van der Waals surface area contributed by atoms with E-state index < -0.39 is 0 Å². The highest BCUT2D eigenvalue weighted by Crippen LogP contribution is 2.60. The molecule has 48 heavy (non-hydrogen) atoms. The van der Waals surface area contributed by atoms with Gasteiger partial charge in [0.05, 0.1) is 28.9 Å². The van der Waals surface area contributed by atoms with Gasteiger partial charge in [-0.15, -0.1) is 0 Å². The van der Waals surface area contributed by atoms with Gasteiger partial charge in [-0.1, -0.05) is 23.7 Å². The number of halogens is 1. The van der Waals surface area contributed by atoms with Gasteiger partial charge in [0, 0.05) is 61.8 Å². The van der Waals surface area contributed by atoms with Gasteiger partial charge in [0.25, 0.3) is 11.8 Å². The Balaban J connectivity index is 1.05. The third kappa shape index (κ3) is 4.29. The van der Waals surface area contributed by atoms with Crippen molar-refractivity contribution in [3.05, 3.63) is 76.9 Å². The zero-order valence-electron chi connectivity index (χ0n) is 26.9. The summed E-state index contributed by atoms with van der Waals surface area (Å²) in [7, 11) is 1.67. The molecule has 5 aliphatic rings. The number of benzene rings is 2. The zero-order valence-corrected chi connectivity index (χ0v) is 27.6. The Hall–Kier alpha value is -4.37. The summed E-state index contributed by atoms with van der Waals surface area (Å²) in [6.45, 7) is 3.65.